The second kappa shape index (κ2) is 5.04. The van der Waals surface area contributed by atoms with Crippen molar-refractivity contribution in [3.63, 3.8) is 0 Å². The van der Waals surface area contributed by atoms with Gasteiger partial charge in [-0.25, -0.2) is 8.42 Å². The van der Waals surface area contributed by atoms with Crippen molar-refractivity contribution in [2.24, 2.45) is 17.6 Å². The highest BCUT2D eigenvalue weighted by Gasteiger charge is 2.45. The molecule has 1 aromatic carbocycles. The third-order valence-corrected chi connectivity index (χ3v) is 6.41. The molecule has 2 N–H and O–H groups in total. The smallest absolute Gasteiger partial charge is 0.269 e. The van der Waals surface area contributed by atoms with Gasteiger partial charge in [0.05, 0.1) is 9.82 Å². The van der Waals surface area contributed by atoms with E-state index in [0.29, 0.717) is 19.0 Å². The Morgan fingerprint density at radius 3 is 2.43 bits per heavy atom. The minimum Gasteiger partial charge on any atom is -0.327 e. The zero-order chi connectivity index (χ0) is 15.2. The molecule has 0 amide bonds. The van der Waals surface area contributed by atoms with Gasteiger partial charge < -0.3 is 5.73 Å². The maximum Gasteiger partial charge on any atom is 0.269 e. The third-order valence-electron chi connectivity index (χ3n) is 4.56. The topological polar surface area (TPSA) is 107 Å². The Hall–Kier alpha value is -1.51. The Kier molecular flexibility index (Phi) is 3.46. The molecule has 114 valence electrons. The number of sulfonamides is 1. The van der Waals surface area contributed by atoms with Gasteiger partial charge in [-0.15, -0.1) is 0 Å². The van der Waals surface area contributed by atoms with Crippen LogP contribution in [0, 0.1) is 22.0 Å². The molecule has 0 spiro atoms. The van der Waals surface area contributed by atoms with Crippen molar-refractivity contribution in [1.29, 1.82) is 0 Å². The molecule has 0 unspecified atom stereocenters. The largest absolute Gasteiger partial charge is 0.327 e. The molecule has 1 heterocycles. The number of nitrogens with two attached hydrogens (primary N) is 1. The summed E-state index contributed by atoms with van der Waals surface area (Å²) >= 11 is 0. The Bertz CT molecular complexity index is 658. The SMILES string of the molecule is N[C@@H]1CC[C@@H]2CN(S(=O)(=O)c3ccc([N+](=O)[O-])cc3)C[C@H]21. The van der Waals surface area contributed by atoms with Crippen LogP contribution in [-0.4, -0.2) is 36.8 Å². The molecule has 1 aliphatic carbocycles. The highest BCUT2D eigenvalue weighted by atomic mass is 32.2. The van der Waals surface area contributed by atoms with Gasteiger partial charge in [-0.05, 0) is 36.8 Å². The number of nitro groups is 1. The van der Waals surface area contributed by atoms with E-state index in [2.05, 4.69) is 0 Å². The van der Waals surface area contributed by atoms with Crippen molar-refractivity contribution in [2.45, 2.75) is 23.8 Å². The summed E-state index contributed by atoms with van der Waals surface area (Å²) < 4.78 is 26.6. The van der Waals surface area contributed by atoms with Crippen LogP contribution in [0.15, 0.2) is 29.2 Å². The summed E-state index contributed by atoms with van der Waals surface area (Å²) in [7, 11) is -3.59. The summed E-state index contributed by atoms with van der Waals surface area (Å²) in [5, 5.41) is 10.6. The molecule has 1 aromatic rings. The van der Waals surface area contributed by atoms with Gasteiger partial charge in [-0.1, -0.05) is 0 Å². The summed E-state index contributed by atoms with van der Waals surface area (Å²) in [6, 6.07) is 5.10. The van der Waals surface area contributed by atoms with Gasteiger partial charge >= 0.3 is 0 Å². The van der Waals surface area contributed by atoms with E-state index in [9.17, 15) is 18.5 Å². The Balaban J connectivity index is 1.83. The van der Waals surface area contributed by atoms with Gasteiger partial charge in [0.2, 0.25) is 10.0 Å². The Labute approximate surface area is 122 Å². The predicted octanol–water partition coefficient (Wildman–Crippen LogP) is 0.953. The molecule has 1 aliphatic heterocycles. The highest BCUT2D eigenvalue weighted by Crippen LogP contribution is 2.39. The number of hydrogen-bond donors (Lipinski definition) is 1. The number of hydrogen-bond acceptors (Lipinski definition) is 5. The van der Waals surface area contributed by atoms with Gasteiger partial charge in [0, 0.05) is 31.3 Å². The minimum atomic E-state index is -3.59. The van der Waals surface area contributed by atoms with Crippen LogP contribution in [0.4, 0.5) is 5.69 Å². The van der Waals surface area contributed by atoms with Gasteiger partial charge in [-0.2, -0.15) is 4.31 Å². The average Bonchev–Trinajstić information content (AvgIpc) is 3.02. The molecular formula is C13H17N3O4S. The van der Waals surface area contributed by atoms with Crippen molar-refractivity contribution in [2.75, 3.05) is 13.1 Å². The van der Waals surface area contributed by atoms with Crippen molar-refractivity contribution < 1.29 is 13.3 Å². The fourth-order valence-electron chi connectivity index (χ4n) is 3.35. The molecule has 3 atom stereocenters. The van der Waals surface area contributed by atoms with Gasteiger partial charge in [-0.3, -0.25) is 10.1 Å². The van der Waals surface area contributed by atoms with Crippen LogP contribution in [0.5, 0.6) is 0 Å². The highest BCUT2D eigenvalue weighted by molar-refractivity contribution is 7.89. The molecule has 0 aromatic heterocycles. The van der Waals surface area contributed by atoms with Crippen LogP contribution in [-0.2, 0) is 10.0 Å². The Morgan fingerprint density at radius 1 is 1.19 bits per heavy atom. The van der Waals surface area contributed by atoms with E-state index < -0.39 is 14.9 Å². The molecule has 1 saturated carbocycles. The molecule has 8 heteroatoms. The van der Waals surface area contributed by atoms with Gasteiger partial charge in [0.15, 0.2) is 0 Å². The van der Waals surface area contributed by atoms with E-state index in [1.165, 1.54) is 28.6 Å². The fraction of sp³-hybridized carbons (Fsp3) is 0.538. The number of fused-ring (bicyclic) bond motifs is 1. The van der Waals surface area contributed by atoms with E-state index in [1.54, 1.807) is 0 Å². The number of nitrogens with zero attached hydrogens (tertiary/aromatic N) is 2. The monoisotopic (exact) mass is 311 g/mol. The van der Waals surface area contributed by atoms with Crippen molar-refractivity contribution in [3.05, 3.63) is 34.4 Å². The van der Waals surface area contributed by atoms with Crippen LogP contribution < -0.4 is 5.73 Å². The molecule has 2 fully saturated rings. The molecule has 21 heavy (non-hydrogen) atoms. The first kappa shape index (κ1) is 14.4. The Morgan fingerprint density at radius 2 is 1.86 bits per heavy atom. The lowest BCUT2D eigenvalue weighted by atomic mass is 9.98. The normalized spacial score (nSPS) is 29.5. The zero-order valence-electron chi connectivity index (χ0n) is 11.4. The number of non-ortho nitro benzene ring substituents is 1. The van der Waals surface area contributed by atoms with Gasteiger partial charge in [0.1, 0.15) is 0 Å². The zero-order valence-corrected chi connectivity index (χ0v) is 12.2. The lowest BCUT2D eigenvalue weighted by Gasteiger charge is -2.18. The molecule has 3 rings (SSSR count). The second-order valence-electron chi connectivity index (χ2n) is 5.74. The quantitative estimate of drug-likeness (QED) is 0.660. The second-order valence-corrected chi connectivity index (χ2v) is 7.68. The summed E-state index contributed by atoms with van der Waals surface area (Å²) in [4.78, 5) is 10.2. The first-order valence-electron chi connectivity index (χ1n) is 6.90. The molecule has 1 saturated heterocycles. The standard InChI is InChI=1S/C13H17N3O4S/c14-13-6-1-9-7-15(8-12(9)13)21(19,20)11-4-2-10(3-5-11)16(17)18/h2-5,9,12-13H,1,6-8,14H2/t9-,12-,13-/m1/s1. The average molecular weight is 311 g/mol. The lowest BCUT2D eigenvalue weighted by Crippen LogP contribution is -2.33. The van der Waals surface area contributed by atoms with Crippen LogP contribution >= 0.6 is 0 Å². The molecule has 0 bridgehead atoms. The maximum absolute atomic E-state index is 12.6. The summed E-state index contributed by atoms with van der Waals surface area (Å²) in [5.41, 5.74) is 5.90. The molecule has 0 radical (unpaired) electrons. The maximum atomic E-state index is 12.6. The van der Waals surface area contributed by atoms with E-state index in [1.807, 2.05) is 0 Å². The van der Waals surface area contributed by atoms with E-state index >= 15 is 0 Å². The van der Waals surface area contributed by atoms with E-state index in [-0.39, 0.29) is 22.5 Å². The lowest BCUT2D eigenvalue weighted by molar-refractivity contribution is -0.384. The van der Waals surface area contributed by atoms with Crippen molar-refractivity contribution >= 4 is 15.7 Å². The molecular weight excluding hydrogens is 294 g/mol. The molecule has 7 nitrogen and oxygen atoms in total. The summed E-state index contributed by atoms with van der Waals surface area (Å²) in [6.07, 6.45) is 1.93. The van der Waals surface area contributed by atoms with E-state index in [4.69, 9.17) is 5.73 Å². The molecule has 2 aliphatic rings. The summed E-state index contributed by atoms with van der Waals surface area (Å²) in [6.45, 7) is 0.947. The van der Waals surface area contributed by atoms with Crippen molar-refractivity contribution in [1.82, 2.24) is 4.31 Å². The van der Waals surface area contributed by atoms with Crippen molar-refractivity contribution in [3.8, 4) is 0 Å². The van der Waals surface area contributed by atoms with Crippen LogP contribution in [0.25, 0.3) is 0 Å². The first-order chi connectivity index (χ1) is 9.89. The predicted molar refractivity (Wildman–Crippen MR) is 76.0 cm³/mol. The summed E-state index contributed by atoms with van der Waals surface area (Å²) in [5.74, 6) is 0.575. The van der Waals surface area contributed by atoms with Crippen LogP contribution in [0.1, 0.15) is 12.8 Å². The number of benzene rings is 1. The first-order valence-corrected chi connectivity index (χ1v) is 8.34. The minimum absolute atomic E-state index is 0.0760. The number of nitro benzene ring substituents is 1. The number of rotatable bonds is 3. The van der Waals surface area contributed by atoms with E-state index in [0.717, 1.165) is 12.8 Å². The fourth-order valence-corrected chi connectivity index (χ4v) is 4.89. The van der Waals surface area contributed by atoms with Crippen LogP contribution in [0.2, 0.25) is 0 Å². The third kappa shape index (κ3) is 2.43. The van der Waals surface area contributed by atoms with Gasteiger partial charge in [0.25, 0.3) is 5.69 Å². The van der Waals surface area contributed by atoms with Crippen LogP contribution in [0.3, 0.4) is 0 Å².